The van der Waals surface area contributed by atoms with E-state index in [1.807, 2.05) is 20.2 Å². The number of nitrogens with one attached hydrogen (secondary N) is 1. The average Bonchev–Trinajstić information content (AvgIpc) is 3.02. The second-order valence-electron chi connectivity index (χ2n) is 5.59. The second kappa shape index (κ2) is 5.93. The Morgan fingerprint density at radius 3 is 2.59 bits per heavy atom. The van der Waals surface area contributed by atoms with Crippen molar-refractivity contribution < 1.29 is 4.39 Å². The minimum atomic E-state index is -0.153. The van der Waals surface area contributed by atoms with Crippen LogP contribution in [0.1, 0.15) is 18.1 Å². The van der Waals surface area contributed by atoms with Gasteiger partial charge >= 0.3 is 0 Å². The highest BCUT2D eigenvalue weighted by Crippen LogP contribution is 2.41. The molecule has 22 heavy (non-hydrogen) atoms. The first-order chi connectivity index (χ1) is 10.7. The molecule has 1 aromatic heterocycles. The standard InChI is InChI=1S/C17H14FN.C2H7N/c1-2-13-15-9-12(18)7-8-16(15)19-10-11-5-3-4-6-14(11)17(13)19;1-3-2/h3-9H,2,10H2,1H3;3H,1-2H3. The van der Waals surface area contributed by atoms with Crippen LogP contribution in [-0.4, -0.2) is 18.7 Å². The van der Waals surface area contributed by atoms with Crippen molar-refractivity contribution in [1.29, 1.82) is 0 Å². The fourth-order valence-corrected chi connectivity index (χ4v) is 3.29. The summed E-state index contributed by atoms with van der Waals surface area (Å²) in [6, 6.07) is 13.6. The van der Waals surface area contributed by atoms with Crippen molar-refractivity contribution in [2.45, 2.75) is 19.9 Å². The molecule has 0 bridgehead atoms. The molecule has 0 atom stereocenters. The molecule has 0 saturated heterocycles. The van der Waals surface area contributed by atoms with Crippen LogP contribution < -0.4 is 5.32 Å². The van der Waals surface area contributed by atoms with Gasteiger partial charge in [0.05, 0.1) is 5.69 Å². The second-order valence-corrected chi connectivity index (χ2v) is 5.59. The molecule has 1 N–H and O–H groups in total. The molecule has 0 spiro atoms. The molecule has 2 heterocycles. The number of benzene rings is 2. The minimum Gasteiger partial charge on any atom is -0.336 e. The molecule has 0 unspecified atom stereocenters. The SMILES string of the molecule is CCc1c2n(c3ccc(F)cc13)Cc1ccccc1-2.CNC. The Hall–Kier alpha value is -2.13. The summed E-state index contributed by atoms with van der Waals surface area (Å²) >= 11 is 0. The van der Waals surface area contributed by atoms with E-state index in [0.717, 1.165) is 23.9 Å². The highest BCUT2D eigenvalue weighted by molar-refractivity contribution is 5.94. The molecule has 3 aromatic rings. The van der Waals surface area contributed by atoms with Gasteiger partial charge in [0.25, 0.3) is 0 Å². The number of halogens is 1. The Labute approximate surface area is 130 Å². The van der Waals surface area contributed by atoms with Gasteiger partial charge in [-0.2, -0.15) is 0 Å². The summed E-state index contributed by atoms with van der Waals surface area (Å²) in [4.78, 5) is 0. The van der Waals surface area contributed by atoms with Crippen LogP contribution in [0.25, 0.3) is 22.2 Å². The third-order valence-electron chi connectivity index (χ3n) is 4.08. The molecular weight excluding hydrogens is 275 g/mol. The first-order valence-corrected chi connectivity index (χ1v) is 7.68. The van der Waals surface area contributed by atoms with Gasteiger partial charge in [0, 0.05) is 23.0 Å². The summed E-state index contributed by atoms with van der Waals surface area (Å²) < 4.78 is 15.8. The third-order valence-corrected chi connectivity index (χ3v) is 4.08. The molecule has 0 radical (unpaired) electrons. The van der Waals surface area contributed by atoms with E-state index in [4.69, 9.17) is 0 Å². The van der Waals surface area contributed by atoms with E-state index in [1.54, 1.807) is 12.1 Å². The number of fused-ring (bicyclic) bond motifs is 5. The van der Waals surface area contributed by atoms with Gasteiger partial charge in [-0.05, 0) is 49.8 Å². The minimum absolute atomic E-state index is 0.153. The largest absolute Gasteiger partial charge is 0.336 e. The van der Waals surface area contributed by atoms with E-state index in [9.17, 15) is 4.39 Å². The number of hydrogen-bond donors (Lipinski definition) is 1. The van der Waals surface area contributed by atoms with Gasteiger partial charge in [0.15, 0.2) is 0 Å². The fraction of sp³-hybridized carbons (Fsp3) is 0.263. The van der Waals surface area contributed by atoms with Crippen molar-refractivity contribution in [1.82, 2.24) is 9.88 Å². The van der Waals surface area contributed by atoms with Gasteiger partial charge in [0.1, 0.15) is 5.82 Å². The predicted octanol–water partition coefficient (Wildman–Crippen LogP) is 4.21. The summed E-state index contributed by atoms with van der Waals surface area (Å²) in [7, 11) is 3.75. The van der Waals surface area contributed by atoms with Crippen LogP contribution in [0.3, 0.4) is 0 Å². The van der Waals surface area contributed by atoms with Gasteiger partial charge in [-0.25, -0.2) is 4.39 Å². The Morgan fingerprint density at radius 1 is 1.14 bits per heavy atom. The lowest BCUT2D eigenvalue weighted by atomic mass is 10.0. The van der Waals surface area contributed by atoms with E-state index < -0.39 is 0 Å². The summed E-state index contributed by atoms with van der Waals surface area (Å²) in [5, 5.41) is 3.81. The topological polar surface area (TPSA) is 17.0 Å². The molecule has 3 heteroatoms. The molecule has 2 nitrogen and oxygen atoms in total. The zero-order valence-corrected chi connectivity index (χ0v) is 13.3. The maximum Gasteiger partial charge on any atom is 0.123 e. The lowest BCUT2D eigenvalue weighted by Crippen LogP contribution is -1.92. The molecule has 0 saturated carbocycles. The fourth-order valence-electron chi connectivity index (χ4n) is 3.29. The quantitative estimate of drug-likeness (QED) is 0.557. The smallest absolute Gasteiger partial charge is 0.123 e. The molecule has 1 aliphatic heterocycles. The number of hydrogen-bond acceptors (Lipinski definition) is 1. The van der Waals surface area contributed by atoms with Crippen molar-refractivity contribution in [2.24, 2.45) is 0 Å². The first kappa shape index (κ1) is 14.8. The Bertz CT molecular complexity index is 818. The molecule has 0 fully saturated rings. The predicted molar refractivity (Wildman–Crippen MR) is 90.8 cm³/mol. The molecule has 1 aliphatic rings. The van der Waals surface area contributed by atoms with E-state index in [1.165, 1.54) is 22.4 Å². The summed E-state index contributed by atoms with van der Waals surface area (Å²) in [5.41, 5.74) is 6.34. The van der Waals surface area contributed by atoms with Gasteiger partial charge in [0.2, 0.25) is 0 Å². The van der Waals surface area contributed by atoms with Gasteiger partial charge < -0.3 is 9.88 Å². The monoisotopic (exact) mass is 296 g/mol. The summed E-state index contributed by atoms with van der Waals surface area (Å²) in [5.74, 6) is -0.153. The summed E-state index contributed by atoms with van der Waals surface area (Å²) in [6.07, 6.45) is 0.927. The van der Waals surface area contributed by atoms with Crippen molar-refractivity contribution >= 4 is 10.9 Å². The lowest BCUT2D eigenvalue weighted by molar-refractivity contribution is 0.629. The van der Waals surface area contributed by atoms with Crippen molar-refractivity contribution in [3.05, 3.63) is 59.4 Å². The van der Waals surface area contributed by atoms with Crippen molar-refractivity contribution in [3.8, 4) is 11.3 Å². The highest BCUT2D eigenvalue weighted by Gasteiger charge is 2.24. The van der Waals surface area contributed by atoms with Crippen LogP contribution in [-0.2, 0) is 13.0 Å². The van der Waals surface area contributed by atoms with E-state index in [2.05, 4.69) is 41.1 Å². The zero-order chi connectivity index (χ0) is 15.7. The van der Waals surface area contributed by atoms with E-state index >= 15 is 0 Å². The van der Waals surface area contributed by atoms with Crippen LogP contribution in [0, 0.1) is 5.82 Å². The lowest BCUT2D eigenvalue weighted by Gasteiger charge is -2.01. The van der Waals surface area contributed by atoms with E-state index in [-0.39, 0.29) is 5.82 Å². The Morgan fingerprint density at radius 2 is 1.86 bits per heavy atom. The van der Waals surface area contributed by atoms with Crippen LogP contribution in [0.2, 0.25) is 0 Å². The Kier molecular flexibility index (Phi) is 3.99. The molecule has 114 valence electrons. The maximum atomic E-state index is 13.5. The molecule has 0 amide bonds. The first-order valence-electron chi connectivity index (χ1n) is 7.68. The van der Waals surface area contributed by atoms with Gasteiger partial charge in [-0.3, -0.25) is 0 Å². The normalized spacial score (nSPS) is 11.8. The molecule has 2 aromatic carbocycles. The maximum absolute atomic E-state index is 13.5. The number of rotatable bonds is 1. The third kappa shape index (κ3) is 2.22. The number of aromatic nitrogens is 1. The van der Waals surface area contributed by atoms with Crippen LogP contribution in [0.4, 0.5) is 4.39 Å². The number of nitrogens with zero attached hydrogens (tertiary/aromatic N) is 1. The Balaban J connectivity index is 0.000000446. The van der Waals surface area contributed by atoms with Crippen molar-refractivity contribution in [3.63, 3.8) is 0 Å². The van der Waals surface area contributed by atoms with Gasteiger partial charge in [-0.15, -0.1) is 0 Å². The summed E-state index contributed by atoms with van der Waals surface area (Å²) in [6.45, 7) is 3.04. The van der Waals surface area contributed by atoms with E-state index in [0.29, 0.717) is 0 Å². The van der Waals surface area contributed by atoms with Crippen LogP contribution >= 0.6 is 0 Å². The van der Waals surface area contributed by atoms with Gasteiger partial charge in [-0.1, -0.05) is 31.2 Å². The van der Waals surface area contributed by atoms with Crippen LogP contribution in [0.15, 0.2) is 42.5 Å². The van der Waals surface area contributed by atoms with Crippen molar-refractivity contribution in [2.75, 3.05) is 14.1 Å². The number of aryl methyl sites for hydroxylation is 1. The van der Waals surface area contributed by atoms with Crippen LogP contribution in [0.5, 0.6) is 0 Å². The zero-order valence-electron chi connectivity index (χ0n) is 13.3. The molecule has 0 aliphatic carbocycles. The average molecular weight is 296 g/mol. The molecule has 4 rings (SSSR count). The molecular formula is C19H21FN2. The highest BCUT2D eigenvalue weighted by atomic mass is 19.1.